The van der Waals surface area contributed by atoms with E-state index in [0.717, 1.165) is 0 Å². The molecule has 1 aliphatic heterocycles. The van der Waals surface area contributed by atoms with E-state index in [4.69, 9.17) is 14.2 Å². The van der Waals surface area contributed by atoms with Crippen molar-refractivity contribution < 1.29 is 34.0 Å². The summed E-state index contributed by atoms with van der Waals surface area (Å²) in [5.74, 6) is -0.646. The van der Waals surface area contributed by atoms with Crippen LogP contribution in [0.3, 0.4) is 0 Å². The van der Waals surface area contributed by atoms with E-state index in [2.05, 4.69) is 20.3 Å². The summed E-state index contributed by atoms with van der Waals surface area (Å²) in [7, 11) is 0. The number of fused-ring (bicyclic) bond motifs is 1. The maximum Gasteiger partial charge on any atom is 0.313 e. The van der Waals surface area contributed by atoms with Crippen LogP contribution in [0.15, 0.2) is 43.0 Å². The smallest absolute Gasteiger partial charge is 0.313 e. The molecule has 0 saturated carbocycles. The highest BCUT2D eigenvalue weighted by Crippen LogP contribution is 2.34. The molecule has 0 radical (unpaired) electrons. The fraction of sp³-hybridized carbons (Fsp3) is 0.435. The second-order valence-electron chi connectivity index (χ2n) is 9.04. The van der Waals surface area contributed by atoms with Crippen LogP contribution in [0.5, 0.6) is 0 Å². The van der Waals surface area contributed by atoms with Crippen molar-refractivity contribution in [3.05, 3.63) is 48.5 Å². The first-order valence-electron chi connectivity index (χ1n) is 11.0. The van der Waals surface area contributed by atoms with E-state index in [1.165, 1.54) is 17.2 Å². The van der Waals surface area contributed by atoms with Gasteiger partial charge in [0, 0.05) is 5.56 Å². The zero-order valence-corrected chi connectivity index (χ0v) is 19.5. The molecule has 4 atom stereocenters. The minimum atomic E-state index is -1.21. The van der Waals surface area contributed by atoms with Gasteiger partial charge in [0.15, 0.2) is 30.0 Å². The summed E-state index contributed by atoms with van der Waals surface area (Å²) in [4.78, 5) is 37.3. The van der Waals surface area contributed by atoms with E-state index in [-0.39, 0.29) is 11.7 Å². The van der Waals surface area contributed by atoms with Gasteiger partial charge in [0.05, 0.1) is 18.3 Å². The number of benzene rings is 1. The van der Waals surface area contributed by atoms with Gasteiger partial charge in [-0.2, -0.15) is 0 Å². The van der Waals surface area contributed by atoms with Gasteiger partial charge in [-0.05, 0) is 32.9 Å². The van der Waals surface area contributed by atoms with Crippen LogP contribution in [0, 0.1) is 5.41 Å². The minimum Gasteiger partial charge on any atom is -0.438 e. The molecule has 1 aromatic carbocycles. The number of nitrogens with zero attached hydrogens (tertiary/aromatic N) is 4. The number of rotatable bonds is 7. The molecule has 0 unspecified atom stereocenters. The molecular formula is C23H27N5O7. The van der Waals surface area contributed by atoms with Crippen molar-refractivity contribution in [2.45, 2.75) is 45.3 Å². The molecule has 1 aliphatic rings. The normalized spacial score (nSPS) is 22.3. The number of hydrogen-bond acceptors (Lipinski definition) is 10. The molecule has 0 spiro atoms. The van der Waals surface area contributed by atoms with Gasteiger partial charge in [-0.1, -0.05) is 18.2 Å². The SMILES string of the molecule is CC(C)(C)C(=O)OCO[C@@H]1[C@H](O)[C@@H](CO)O[C@H]1n1cnc2c(NC(=O)c3ccccc3)ncnc21. The number of aromatic nitrogens is 4. The lowest BCUT2D eigenvalue weighted by Crippen LogP contribution is -2.36. The van der Waals surface area contributed by atoms with Gasteiger partial charge in [0.25, 0.3) is 5.91 Å². The first-order valence-corrected chi connectivity index (χ1v) is 11.0. The van der Waals surface area contributed by atoms with Crippen LogP contribution in [0.1, 0.15) is 37.4 Å². The number of esters is 1. The molecule has 1 saturated heterocycles. The van der Waals surface area contributed by atoms with Gasteiger partial charge >= 0.3 is 5.97 Å². The Morgan fingerprint density at radius 2 is 1.91 bits per heavy atom. The summed E-state index contributed by atoms with van der Waals surface area (Å²) >= 11 is 0. The Labute approximate surface area is 200 Å². The Hall–Kier alpha value is -3.45. The summed E-state index contributed by atoms with van der Waals surface area (Å²) in [6.07, 6.45) is -1.44. The number of aliphatic hydroxyl groups excluding tert-OH is 2. The highest BCUT2D eigenvalue weighted by atomic mass is 16.7. The molecule has 3 N–H and O–H groups in total. The molecule has 3 heterocycles. The monoisotopic (exact) mass is 485 g/mol. The molecule has 12 heteroatoms. The van der Waals surface area contributed by atoms with Gasteiger partial charge in [-0.15, -0.1) is 0 Å². The zero-order chi connectivity index (χ0) is 25.2. The first-order chi connectivity index (χ1) is 16.7. The summed E-state index contributed by atoms with van der Waals surface area (Å²) in [5.41, 5.74) is 0.323. The second kappa shape index (κ2) is 10.0. The Balaban J connectivity index is 1.57. The molecular weight excluding hydrogens is 458 g/mol. The zero-order valence-electron chi connectivity index (χ0n) is 19.5. The molecule has 0 aliphatic carbocycles. The van der Waals surface area contributed by atoms with E-state index in [1.54, 1.807) is 51.1 Å². The largest absolute Gasteiger partial charge is 0.438 e. The average molecular weight is 485 g/mol. The average Bonchev–Trinajstić information content (AvgIpc) is 3.40. The molecule has 3 aromatic rings. The van der Waals surface area contributed by atoms with Crippen LogP contribution >= 0.6 is 0 Å². The number of amides is 1. The Kier molecular flexibility index (Phi) is 7.08. The van der Waals surface area contributed by atoms with Crippen molar-refractivity contribution >= 4 is 28.9 Å². The van der Waals surface area contributed by atoms with Gasteiger partial charge in [-0.3, -0.25) is 14.2 Å². The van der Waals surface area contributed by atoms with E-state index in [0.29, 0.717) is 16.7 Å². The Morgan fingerprint density at radius 3 is 2.60 bits per heavy atom. The van der Waals surface area contributed by atoms with E-state index in [9.17, 15) is 19.8 Å². The molecule has 12 nitrogen and oxygen atoms in total. The standard InChI is InChI=1S/C23H27N5O7/c1-23(2,3)22(32)34-12-33-17-16(30)14(9-29)35-21(17)28-11-26-15-18(24-10-25-19(15)28)27-20(31)13-7-5-4-6-8-13/h4-8,10-11,14,16-17,21,29-30H,9,12H2,1-3H3,(H,24,25,27,31)/t14-,16-,17-,21-/m1/s1. The predicted octanol–water partition coefficient (Wildman–Crippen LogP) is 1.26. The third kappa shape index (κ3) is 5.15. The fourth-order valence-electron chi connectivity index (χ4n) is 3.55. The maximum atomic E-state index is 12.6. The Bertz CT molecular complexity index is 1190. The third-order valence-electron chi connectivity index (χ3n) is 5.46. The van der Waals surface area contributed by atoms with Crippen molar-refractivity contribution in [3.8, 4) is 0 Å². The minimum absolute atomic E-state index is 0.191. The fourth-order valence-corrected chi connectivity index (χ4v) is 3.55. The van der Waals surface area contributed by atoms with Gasteiger partial charge in [0.2, 0.25) is 0 Å². The second-order valence-corrected chi connectivity index (χ2v) is 9.04. The molecule has 4 rings (SSSR count). The lowest BCUT2D eigenvalue weighted by atomic mass is 9.98. The van der Waals surface area contributed by atoms with Crippen molar-refractivity contribution in [2.75, 3.05) is 18.7 Å². The van der Waals surface area contributed by atoms with Crippen LogP contribution in [0.25, 0.3) is 11.2 Å². The van der Waals surface area contributed by atoms with Crippen LogP contribution in [-0.4, -0.2) is 73.3 Å². The molecule has 1 fully saturated rings. The molecule has 186 valence electrons. The van der Waals surface area contributed by atoms with Gasteiger partial charge < -0.3 is 29.7 Å². The van der Waals surface area contributed by atoms with Crippen LogP contribution in [0.4, 0.5) is 5.82 Å². The highest BCUT2D eigenvalue weighted by Gasteiger charge is 2.46. The summed E-state index contributed by atoms with van der Waals surface area (Å²) < 4.78 is 18.1. The Morgan fingerprint density at radius 1 is 1.17 bits per heavy atom. The van der Waals surface area contributed by atoms with E-state index < -0.39 is 49.3 Å². The van der Waals surface area contributed by atoms with Crippen molar-refractivity contribution in [2.24, 2.45) is 5.41 Å². The summed E-state index contributed by atoms with van der Waals surface area (Å²) in [6.45, 7) is 4.24. The highest BCUT2D eigenvalue weighted by molar-refractivity contribution is 6.06. The van der Waals surface area contributed by atoms with Crippen molar-refractivity contribution in [3.63, 3.8) is 0 Å². The number of aliphatic hydroxyl groups is 2. The molecule has 1 amide bonds. The van der Waals surface area contributed by atoms with Crippen molar-refractivity contribution in [1.29, 1.82) is 0 Å². The maximum absolute atomic E-state index is 12.6. The van der Waals surface area contributed by atoms with Crippen LogP contribution in [0.2, 0.25) is 0 Å². The number of nitrogens with one attached hydrogen (secondary N) is 1. The van der Waals surface area contributed by atoms with Crippen molar-refractivity contribution in [1.82, 2.24) is 19.5 Å². The lowest BCUT2D eigenvalue weighted by Gasteiger charge is -2.23. The van der Waals surface area contributed by atoms with Gasteiger partial charge in [-0.25, -0.2) is 15.0 Å². The summed E-state index contributed by atoms with van der Waals surface area (Å²) in [6, 6.07) is 8.64. The number of ether oxygens (including phenoxy) is 3. The number of hydrogen-bond donors (Lipinski definition) is 3. The summed E-state index contributed by atoms with van der Waals surface area (Å²) in [5, 5.41) is 23.0. The molecule has 2 aromatic heterocycles. The third-order valence-corrected chi connectivity index (χ3v) is 5.46. The lowest BCUT2D eigenvalue weighted by molar-refractivity contribution is -0.179. The number of anilines is 1. The van der Waals surface area contributed by atoms with E-state index >= 15 is 0 Å². The number of imidazole rings is 1. The predicted molar refractivity (Wildman–Crippen MR) is 122 cm³/mol. The first kappa shape index (κ1) is 24.7. The van der Waals surface area contributed by atoms with Crippen LogP contribution < -0.4 is 5.32 Å². The number of carbonyl (C=O) groups excluding carboxylic acids is 2. The molecule has 0 bridgehead atoms. The topological polar surface area (TPSA) is 158 Å². The molecule has 35 heavy (non-hydrogen) atoms. The van der Waals surface area contributed by atoms with Crippen LogP contribution in [-0.2, 0) is 19.0 Å². The van der Waals surface area contributed by atoms with E-state index in [1.807, 2.05) is 0 Å². The van der Waals surface area contributed by atoms with Gasteiger partial charge in [0.1, 0.15) is 24.6 Å². The quantitative estimate of drug-likeness (QED) is 0.329. The number of carbonyl (C=O) groups is 2.